The van der Waals surface area contributed by atoms with E-state index < -0.39 is 0 Å². The summed E-state index contributed by atoms with van der Waals surface area (Å²) in [5, 5.41) is 8.93. The van der Waals surface area contributed by atoms with E-state index in [2.05, 4.69) is 20.7 Å². The molecule has 2 N–H and O–H groups in total. The van der Waals surface area contributed by atoms with Crippen molar-refractivity contribution in [2.45, 2.75) is 26.4 Å². The molecule has 7 heteroatoms. The zero-order chi connectivity index (χ0) is 12.0. The number of rotatable bonds is 5. The molecule has 0 fully saturated rings. The minimum Gasteiger partial charge on any atom is -0.352 e. The van der Waals surface area contributed by atoms with Crippen molar-refractivity contribution >= 4 is 11.8 Å². The van der Waals surface area contributed by atoms with E-state index in [1.807, 2.05) is 13.8 Å². The highest BCUT2D eigenvalue weighted by molar-refractivity contribution is 5.84. The van der Waals surface area contributed by atoms with Gasteiger partial charge in [0.05, 0.1) is 6.54 Å². The first-order valence-electron chi connectivity index (χ1n) is 4.96. The highest BCUT2D eigenvalue weighted by Crippen LogP contribution is 1.81. The van der Waals surface area contributed by atoms with Gasteiger partial charge in [0.1, 0.15) is 19.2 Å². The summed E-state index contributed by atoms with van der Waals surface area (Å²) >= 11 is 0. The van der Waals surface area contributed by atoms with E-state index in [1.54, 1.807) is 0 Å². The van der Waals surface area contributed by atoms with Gasteiger partial charge in [0.2, 0.25) is 11.8 Å². The molecule has 0 saturated heterocycles. The Kier molecular flexibility index (Phi) is 4.43. The molecule has 0 atom stereocenters. The first-order valence-corrected chi connectivity index (χ1v) is 4.96. The van der Waals surface area contributed by atoms with Crippen LogP contribution in [0.15, 0.2) is 12.7 Å². The van der Waals surface area contributed by atoms with Gasteiger partial charge in [-0.15, -0.1) is 0 Å². The van der Waals surface area contributed by atoms with E-state index in [1.165, 1.54) is 17.3 Å². The highest BCUT2D eigenvalue weighted by atomic mass is 16.2. The molecule has 1 heterocycles. The van der Waals surface area contributed by atoms with Gasteiger partial charge in [-0.05, 0) is 13.8 Å². The number of amides is 2. The SMILES string of the molecule is CC(C)NC(=O)CNC(=O)Cn1cncn1. The van der Waals surface area contributed by atoms with Gasteiger partial charge in [0.25, 0.3) is 0 Å². The molecular formula is C9H15N5O2. The number of aromatic nitrogens is 3. The fourth-order valence-corrected chi connectivity index (χ4v) is 1.07. The van der Waals surface area contributed by atoms with Crippen LogP contribution in [0.1, 0.15) is 13.8 Å². The van der Waals surface area contributed by atoms with E-state index >= 15 is 0 Å². The molecule has 16 heavy (non-hydrogen) atoms. The molecule has 0 spiro atoms. The van der Waals surface area contributed by atoms with Crippen molar-refractivity contribution in [1.29, 1.82) is 0 Å². The van der Waals surface area contributed by atoms with Crippen molar-refractivity contribution in [3.63, 3.8) is 0 Å². The third-order valence-corrected chi connectivity index (χ3v) is 1.67. The Labute approximate surface area is 93.2 Å². The molecule has 0 aliphatic carbocycles. The topological polar surface area (TPSA) is 88.9 Å². The number of nitrogens with zero attached hydrogens (tertiary/aromatic N) is 3. The molecule has 0 aromatic carbocycles. The van der Waals surface area contributed by atoms with Crippen molar-refractivity contribution in [1.82, 2.24) is 25.4 Å². The van der Waals surface area contributed by atoms with Crippen LogP contribution < -0.4 is 10.6 Å². The molecule has 1 aromatic heterocycles. The van der Waals surface area contributed by atoms with Crippen LogP contribution in [-0.4, -0.2) is 39.2 Å². The van der Waals surface area contributed by atoms with Crippen LogP contribution >= 0.6 is 0 Å². The molecule has 1 rings (SSSR count). The van der Waals surface area contributed by atoms with Crippen LogP contribution in [0.2, 0.25) is 0 Å². The van der Waals surface area contributed by atoms with Crippen molar-refractivity contribution in [2.24, 2.45) is 0 Å². The summed E-state index contributed by atoms with van der Waals surface area (Å²) in [5.74, 6) is -0.480. The molecule has 0 unspecified atom stereocenters. The van der Waals surface area contributed by atoms with Crippen LogP contribution in [0, 0.1) is 0 Å². The van der Waals surface area contributed by atoms with Crippen LogP contribution in [0.5, 0.6) is 0 Å². The van der Waals surface area contributed by atoms with Crippen LogP contribution in [0.3, 0.4) is 0 Å². The third kappa shape index (κ3) is 4.54. The third-order valence-electron chi connectivity index (χ3n) is 1.67. The zero-order valence-electron chi connectivity index (χ0n) is 9.30. The molecular weight excluding hydrogens is 210 g/mol. The van der Waals surface area contributed by atoms with Crippen molar-refractivity contribution < 1.29 is 9.59 Å². The minimum absolute atomic E-state index is 0.0221. The maximum absolute atomic E-state index is 11.3. The molecule has 0 aliphatic heterocycles. The van der Waals surface area contributed by atoms with Gasteiger partial charge in [0.15, 0.2) is 0 Å². The second kappa shape index (κ2) is 5.84. The normalized spacial score (nSPS) is 10.2. The standard InChI is InChI=1S/C9H15N5O2/c1-7(2)13-8(15)3-11-9(16)4-14-6-10-5-12-14/h5-7H,3-4H2,1-2H3,(H,11,16)(H,13,15). The van der Waals surface area contributed by atoms with Gasteiger partial charge < -0.3 is 10.6 Å². The minimum atomic E-state index is -0.274. The van der Waals surface area contributed by atoms with Crippen LogP contribution in [-0.2, 0) is 16.1 Å². The summed E-state index contributed by atoms with van der Waals surface area (Å²) in [5.41, 5.74) is 0. The average Bonchev–Trinajstić information content (AvgIpc) is 2.66. The lowest BCUT2D eigenvalue weighted by Gasteiger charge is -2.09. The summed E-state index contributed by atoms with van der Waals surface area (Å²) in [6.45, 7) is 3.75. The zero-order valence-corrected chi connectivity index (χ0v) is 9.30. The predicted molar refractivity (Wildman–Crippen MR) is 56.3 cm³/mol. The maximum Gasteiger partial charge on any atom is 0.242 e. The molecule has 0 bridgehead atoms. The van der Waals surface area contributed by atoms with E-state index in [9.17, 15) is 9.59 Å². The van der Waals surface area contributed by atoms with Crippen LogP contribution in [0.25, 0.3) is 0 Å². The molecule has 2 amide bonds. The molecule has 1 aromatic rings. The summed E-state index contributed by atoms with van der Waals surface area (Å²) in [6, 6.07) is 0.0692. The Morgan fingerprint density at radius 3 is 2.69 bits per heavy atom. The summed E-state index contributed by atoms with van der Waals surface area (Å²) in [6.07, 6.45) is 2.78. The number of nitrogens with one attached hydrogen (secondary N) is 2. The van der Waals surface area contributed by atoms with Gasteiger partial charge >= 0.3 is 0 Å². The fraction of sp³-hybridized carbons (Fsp3) is 0.556. The maximum atomic E-state index is 11.3. The quantitative estimate of drug-likeness (QED) is 0.667. The van der Waals surface area contributed by atoms with Gasteiger partial charge in [-0.3, -0.25) is 9.59 Å². The molecule has 0 saturated carbocycles. The molecule has 0 radical (unpaired) electrons. The Morgan fingerprint density at radius 1 is 1.38 bits per heavy atom. The van der Waals surface area contributed by atoms with Crippen molar-refractivity contribution in [3.05, 3.63) is 12.7 Å². The van der Waals surface area contributed by atoms with E-state index in [4.69, 9.17) is 0 Å². The number of hydrogen-bond donors (Lipinski definition) is 2. The van der Waals surface area contributed by atoms with Gasteiger partial charge in [-0.25, -0.2) is 9.67 Å². The second-order valence-electron chi connectivity index (χ2n) is 3.59. The number of hydrogen-bond acceptors (Lipinski definition) is 4. The lowest BCUT2D eigenvalue weighted by Crippen LogP contribution is -2.40. The first kappa shape index (κ1) is 12.2. The summed E-state index contributed by atoms with van der Waals surface area (Å²) in [4.78, 5) is 26.2. The van der Waals surface area contributed by atoms with Crippen molar-refractivity contribution in [2.75, 3.05) is 6.54 Å². The van der Waals surface area contributed by atoms with E-state index in [-0.39, 0.29) is 30.9 Å². The lowest BCUT2D eigenvalue weighted by atomic mass is 10.4. The van der Waals surface area contributed by atoms with E-state index in [0.717, 1.165) is 0 Å². The Hall–Kier alpha value is -1.92. The fourth-order valence-electron chi connectivity index (χ4n) is 1.07. The average molecular weight is 225 g/mol. The highest BCUT2D eigenvalue weighted by Gasteiger charge is 2.06. The lowest BCUT2D eigenvalue weighted by molar-refractivity contribution is -0.126. The molecule has 7 nitrogen and oxygen atoms in total. The van der Waals surface area contributed by atoms with Gasteiger partial charge in [-0.2, -0.15) is 5.10 Å². The number of carbonyl (C=O) groups excluding carboxylic acids is 2. The smallest absolute Gasteiger partial charge is 0.242 e. The Morgan fingerprint density at radius 2 is 2.12 bits per heavy atom. The predicted octanol–water partition coefficient (Wildman–Crippen LogP) is -1.08. The van der Waals surface area contributed by atoms with Crippen LogP contribution in [0.4, 0.5) is 0 Å². The number of carbonyl (C=O) groups is 2. The van der Waals surface area contributed by atoms with E-state index in [0.29, 0.717) is 0 Å². The monoisotopic (exact) mass is 225 g/mol. The first-order chi connectivity index (χ1) is 7.58. The summed E-state index contributed by atoms with van der Waals surface area (Å²) < 4.78 is 1.38. The largest absolute Gasteiger partial charge is 0.352 e. The van der Waals surface area contributed by atoms with Gasteiger partial charge in [0, 0.05) is 6.04 Å². The second-order valence-corrected chi connectivity index (χ2v) is 3.59. The van der Waals surface area contributed by atoms with Gasteiger partial charge in [-0.1, -0.05) is 0 Å². The Bertz CT molecular complexity index is 347. The Balaban J connectivity index is 2.23. The summed E-state index contributed by atoms with van der Waals surface area (Å²) in [7, 11) is 0. The van der Waals surface area contributed by atoms with Crippen molar-refractivity contribution in [3.8, 4) is 0 Å². The molecule has 0 aliphatic rings. The molecule has 88 valence electrons.